The van der Waals surface area contributed by atoms with Crippen molar-refractivity contribution in [1.29, 1.82) is 0 Å². The minimum Gasteiger partial charge on any atom is -0.396 e. The van der Waals surface area contributed by atoms with Crippen molar-refractivity contribution >= 4 is 23.6 Å². The summed E-state index contributed by atoms with van der Waals surface area (Å²) in [5.41, 5.74) is 3.77. The van der Waals surface area contributed by atoms with E-state index in [4.69, 9.17) is 0 Å². The highest BCUT2D eigenvalue weighted by atomic mass is 16.3. The van der Waals surface area contributed by atoms with Crippen LogP contribution >= 0.6 is 0 Å². The average Bonchev–Trinajstić information content (AvgIpc) is 3.14. The van der Waals surface area contributed by atoms with E-state index in [0.717, 1.165) is 11.1 Å². The lowest BCUT2D eigenvalue weighted by atomic mass is 9.86. The van der Waals surface area contributed by atoms with Crippen LogP contribution in [0, 0.1) is 11.8 Å². The van der Waals surface area contributed by atoms with Crippen molar-refractivity contribution in [3.63, 3.8) is 0 Å². The van der Waals surface area contributed by atoms with Crippen LogP contribution in [0.15, 0.2) is 77.6 Å². The number of pyridine rings is 1. The molecule has 0 radical (unpaired) electrons. The molecule has 0 spiro atoms. The molecule has 0 unspecified atom stereocenters. The largest absolute Gasteiger partial charge is 0.396 e. The van der Waals surface area contributed by atoms with Gasteiger partial charge in [0.05, 0.1) is 18.0 Å². The molecule has 2 aliphatic heterocycles. The normalized spacial score (nSPS) is 22.5. The number of carbonyl (C=O) groups is 2. The summed E-state index contributed by atoms with van der Waals surface area (Å²) in [6.45, 7) is 3.30. The average molecular weight is 484 g/mol. The zero-order valence-electron chi connectivity index (χ0n) is 20.3. The summed E-state index contributed by atoms with van der Waals surface area (Å²) >= 11 is 0. The molecule has 2 aliphatic rings. The number of fused-ring (bicyclic) bond motifs is 4. The summed E-state index contributed by atoms with van der Waals surface area (Å²) in [5, 5.41) is 13.3. The number of carbonyl (C=O) groups excluding carboxylic acids is 2. The van der Waals surface area contributed by atoms with E-state index in [1.165, 1.54) is 6.92 Å². The van der Waals surface area contributed by atoms with Gasteiger partial charge in [-0.3, -0.25) is 14.4 Å². The summed E-state index contributed by atoms with van der Waals surface area (Å²) < 4.78 is 1.66. The molecule has 4 atom stereocenters. The van der Waals surface area contributed by atoms with Gasteiger partial charge in [-0.25, -0.2) is 0 Å². The maximum absolute atomic E-state index is 13.7. The lowest BCUT2D eigenvalue weighted by molar-refractivity contribution is -0.134. The second kappa shape index (κ2) is 9.59. The molecule has 7 heteroatoms. The number of hydrogen-bond acceptors (Lipinski definition) is 4. The Labute approximate surface area is 209 Å². The van der Waals surface area contributed by atoms with E-state index in [-0.39, 0.29) is 30.5 Å². The Morgan fingerprint density at radius 3 is 2.36 bits per heavy atom. The van der Waals surface area contributed by atoms with Gasteiger partial charge in [-0.1, -0.05) is 54.6 Å². The lowest BCUT2D eigenvalue weighted by Crippen LogP contribution is -2.48. The van der Waals surface area contributed by atoms with Crippen molar-refractivity contribution in [2.45, 2.75) is 32.5 Å². The van der Waals surface area contributed by atoms with E-state index in [1.807, 2.05) is 67.6 Å². The topological polar surface area (TPSA) is 91.6 Å². The molecule has 2 N–H and O–H groups in total. The SMILES string of the molecule is C/C=C/c1ccc2n(c1=O)C[C@H]1[C@H](CO)[C@@H](C(=O)Nc3ccc(-c4ccccc4)cc3)[C@@H]2N1C(C)=O. The number of benzene rings is 2. The lowest BCUT2D eigenvalue weighted by Gasteiger charge is -2.37. The Morgan fingerprint density at radius 2 is 1.72 bits per heavy atom. The molecule has 1 fully saturated rings. The fourth-order valence-corrected chi connectivity index (χ4v) is 5.76. The molecule has 1 saturated heterocycles. The number of amides is 2. The Morgan fingerprint density at radius 1 is 1.03 bits per heavy atom. The van der Waals surface area contributed by atoms with Gasteiger partial charge in [0, 0.05) is 42.9 Å². The number of aliphatic hydroxyl groups excluding tert-OH is 1. The first-order valence-electron chi connectivity index (χ1n) is 12.2. The van der Waals surface area contributed by atoms with Gasteiger partial charge in [-0.05, 0) is 42.3 Å². The fraction of sp³-hybridized carbons (Fsp3) is 0.276. The Hall–Kier alpha value is -3.97. The molecule has 3 aromatic rings. The Kier molecular flexibility index (Phi) is 6.33. The number of aliphatic hydroxyl groups is 1. The van der Waals surface area contributed by atoms with Crippen molar-refractivity contribution in [3.05, 3.63) is 94.4 Å². The molecular formula is C29H29N3O4. The minimum absolute atomic E-state index is 0.155. The van der Waals surface area contributed by atoms with E-state index in [1.54, 1.807) is 27.7 Å². The summed E-state index contributed by atoms with van der Waals surface area (Å²) in [4.78, 5) is 41.2. The highest BCUT2D eigenvalue weighted by Crippen LogP contribution is 2.48. The van der Waals surface area contributed by atoms with Crippen LogP contribution in [0.2, 0.25) is 0 Å². The first-order valence-corrected chi connectivity index (χ1v) is 12.2. The van der Waals surface area contributed by atoms with Gasteiger partial charge < -0.3 is 19.9 Å². The van der Waals surface area contributed by atoms with E-state index >= 15 is 0 Å². The molecule has 2 aromatic carbocycles. The number of rotatable bonds is 5. The van der Waals surface area contributed by atoms with Crippen LogP contribution in [-0.4, -0.2) is 39.0 Å². The Balaban J connectivity index is 1.49. The standard InChI is InChI=1S/C29H29N3O4/c1-3-7-21-12-15-24-27-26(23(17-33)25(32(27)18(2)34)16-31(24)29(21)36)28(35)30-22-13-10-20(11-14-22)19-8-5-4-6-9-19/h3-15,23,25-27,33H,16-17H2,1-2H3,(H,30,35)/b7-3+/t23-,25-,26+,27+/m0/s1. The number of nitrogens with zero attached hydrogens (tertiary/aromatic N) is 2. The van der Waals surface area contributed by atoms with Crippen LogP contribution < -0.4 is 10.9 Å². The van der Waals surface area contributed by atoms with Crippen molar-refractivity contribution in [3.8, 4) is 11.1 Å². The van der Waals surface area contributed by atoms with E-state index in [0.29, 0.717) is 16.9 Å². The number of aromatic nitrogens is 1. The van der Waals surface area contributed by atoms with Crippen molar-refractivity contribution < 1.29 is 14.7 Å². The number of anilines is 1. The second-order valence-electron chi connectivity index (χ2n) is 9.37. The molecule has 0 saturated carbocycles. The zero-order valence-corrected chi connectivity index (χ0v) is 20.3. The smallest absolute Gasteiger partial charge is 0.258 e. The Bertz CT molecular complexity index is 1380. The molecule has 36 heavy (non-hydrogen) atoms. The monoisotopic (exact) mass is 483 g/mol. The van der Waals surface area contributed by atoms with Gasteiger partial charge in [-0.15, -0.1) is 0 Å². The highest BCUT2D eigenvalue weighted by molar-refractivity contribution is 5.94. The number of allylic oxidation sites excluding steroid dienone is 1. The second-order valence-corrected chi connectivity index (χ2v) is 9.37. The molecule has 7 nitrogen and oxygen atoms in total. The predicted octanol–water partition coefficient (Wildman–Crippen LogP) is 3.70. The summed E-state index contributed by atoms with van der Waals surface area (Å²) in [5.74, 6) is -1.65. The van der Waals surface area contributed by atoms with Crippen LogP contribution in [0.3, 0.4) is 0 Å². The maximum Gasteiger partial charge on any atom is 0.258 e. The maximum atomic E-state index is 13.7. The van der Waals surface area contributed by atoms with Crippen LogP contribution in [0.5, 0.6) is 0 Å². The van der Waals surface area contributed by atoms with Gasteiger partial charge in [0.2, 0.25) is 11.8 Å². The molecule has 2 bridgehead atoms. The van der Waals surface area contributed by atoms with Crippen LogP contribution in [0.1, 0.15) is 31.1 Å². The summed E-state index contributed by atoms with van der Waals surface area (Å²) in [6, 6.07) is 20.0. The van der Waals surface area contributed by atoms with Crippen molar-refractivity contribution in [2.24, 2.45) is 11.8 Å². The van der Waals surface area contributed by atoms with Gasteiger partial charge >= 0.3 is 0 Å². The number of nitrogens with one attached hydrogen (secondary N) is 1. The van der Waals surface area contributed by atoms with Crippen molar-refractivity contribution in [1.82, 2.24) is 9.47 Å². The van der Waals surface area contributed by atoms with Crippen molar-refractivity contribution in [2.75, 3.05) is 11.9 Å². The first-order chi connectivity index (χ1) is 17.4. The van der Waals surface area contributed by atoms with E-state index in [2.05, 4.69) is 5.32 Å². The minimum atomic E-state index is -0.696. The third-order valence-electron chi connectivity index (χ3n) is 7.35. The number of hydrogen-bond donors (Lipinski definition) is 2. The van der Waals surface area contributed by atoms with E-state index < -0.39 is 23.9 Å². The molecule has 2 amide bonds. The molecule has 3 heterocycles. The highest BCUT2D eigenvalue weighted by Gasteiger charge is 2.56. The third kappa shape index (κ3) is 3.95. The van der Waals surface area contributed by atoms with Crippen LogP contribution in [-0.2, 0) is 16.1 Å². The van der Waals surface area contributed by atoms with Gasteiger partial charge in [0.15, 0.2) is 0 Å². The van der Waals surface area contributed by atoms with Gasteiger partial charge in [0.25, 0.3) is 5.56 Å². The zero-order chi connectivity index (χ0) is 25.4. The molecule has 184 valence electrons. The molecular weight excluding hydrogens is 454 g/mol. The molecule has 5 rings (SSSR count). The third-order valence-corrected chi connectivity index (χ3v) is 7.35. The summed E-state index contributed by atoms with van der Waals surface area (Å²) in [6.07, 6.45) is 3.56. The predicted molar refractivity (Wildman–Crippen MR) is 139 cm³/mol. The first kappa shape index (κ1) is 23.8. The van der Waals surface area contributed by atoms with E-state index in [9.17, 15) is 19.5 Å². The molecule has 1 aromatic heterocycles. The fourth-order valence-electron chi connectivity index (χ4n) is 5.76. The van der Waals surface area contributed by atoms with Gasteiger partial charge in [0.1, 0.15) is 0 Å². The van der Waals surface area contributed by atoms with Crippen LogP contribution in [0.25, 0.3) is 17.2 Å². The van der Waals surface area contributed by atoms with Crippen LogP contribution in [0.4, 0.5) is 5.69 Å². The summed E-state index contributed by atoms with van der Waals surface area (Å²) in [7, 11) is 0. The van der Waals surface area contributed by atoms with Gasteiger partial charge in [-0.2, -0.15) is 0 Å². The quantitative estimate of drug-likeness (QED) is 0.579. The molecule has 0 aliphatic carbocycles.